The molecule has 12 heavy (non-hydrogen) atoms. The molecule has 0 bridgehead atoms. The highest BCUT2D eigenvalue weighted by atomic mass is 32.2. The summed E-state index contributed by atoms with van der Waals surface area (Å²) in [6, 6.07) is -0.797. The Morgan fingerprint density at radius 2 is 1.92 bits per heavy atom. The number of thioether (sulfide) groups is 1. The van der Waals surface area contributed by atoms with Crippen molar-refractivity contribution in [3.05, 3.63) is 0 Å². The molecule has 0 aliphatic rings. The SMILES string of the molecule is CC(C)(C)SCC(=O)NC(N)=O. The lowest BCUT2D eigenvalue weighted by Crippen LogP contribution is -2.36. The average molecular weight is 190 g/mol. The van der Waals surface area contributed by atoms with Crippen LogP contribution in [0.25, 0.3) is 0 Å². The number of imide groups is 1. The molecule has 0 saturated heterocycles. The largest absolute Gasteiger partial charge is 0.351 e. The second-order valence-corrected chi connectivity index (χ2v) is 5.12. The van der Waals surface area contributed by atoms with Crippen molar-refractivity contribution in [2.75, 3.05) is 5.75 Å². The Labute approximate surface area is 76.3 Å². The summed E-state index contributed by atoms with van der Waals surface area (Å²) in [5.41, 5.74) is 4.75. The van der Waals surface area contributed by atoms with Gasteiger partial charge in [0.2, 0.25) is 5.91 Å². The Hall–Kier alpha value is -0.710. The Bertz CT molecular complexity index is 186. The van der Waals surface area contributed by atoms with Gasteiger partial charge < -0.3 is 5.73 Å². The fourth-order valence-electron chi connectivity index (χ4n) is 0.456. The topological polar surface area (TPSA) is 72.2 Å². The van der Waals surface area contributed by atoms with Crippen LogP contribution in [0.15, 0.2) is 0 Å². The van der Waals surface area contributed by atoms with Gasteiger partial charge in [0.1, 0.15) is 0 Å². The molecule has 0 radical (unpaired) electrons. The van der Waals surface area contributed by atoms with E-state index in [0.29, 0.717) is 0 Å². The van der Waals surface area contributed by atoms with Crippen LogP contribution >= 0.6 is 11.8 Å². The van der Waals surface area contributed by atoms with Crippen LogP contribution in [0.4, 0.5) is 4.79 Å². The Balaban J connectivity index is 3.65. The van der Waals surface area contributed by atoms with Crippen LogP contribution in [-0.2, 0) is 4.79 Å². The van der Waals surface area contributed by atoms with Crippen molar-refractivity contribution in [3.63, 3.8) is 0 Å². The van der Waals surface area contributed by atoms with Crippen LogP contribution in [0.3, 0.4) is 0 Å². The highest BCUT2D eigenvalue weighted by molar-refractivity contribution is 8.01. The van der Waals surface area contributed by atoms with Crippen LogP contribution < -0.4 is 11.1 Å². The molecule has 0 unspecified atom stereocenters. The van der Waals surface area contributed by atoms with Gasteiger partial charge in [0, 0.05) is 4.75 Å². The molecule has 0 aromatic rings. The van der Waals surface area contributed by atoms with Crippen molar-refractivity contribution < 1.29 is 9.59 Å². The van der Waals surface area contributed by atoms with Crippen LogP contribution in [0.1, 0.15) is 20.8 Å². The average Bonchev–Trinajstić information content (AvgIpc) is 1.80. The van der Waals surface area contributed by atoms with E-state index in [9.17, 15) is 9.59 Å². The molecule has 3 N–H and O–H groups in total. The van der Waals surface area contributed by atoms with Crippen LogP contribution in [0.2, 0.25) is 0 Å². The van der Waals surface area contributed by atoms with E-state index < -0.39 is 6.03 Å². The van der Waals surface area contributed by atoms with Crippen LogP contribution in [0.5, 0.6) is 0 Å². The molecule has 5 heteroatoms. The summed E-state index contributed by atoms with van der Waals surface area (Å²) in [5.74, 6) is -0.0886. The summed E-state index contributed by atoms with van der Waals surface area (Å²) < 4.78 is 0.0228. The molecule has 0 fully saturated rings. The van der Waals surface area contributed by atoms with Gasteiger partial charge in [-0.15, -0.1) is 11.8 Å². The number of nitrogens with two attached hydrogens (primary N) is 1. The van der Waals surface area contributed by atoms with Gasteiger partial charge in [-0.1, -0.05) is 20.8 Å². The van der Waals surface area contributed by atoms with Gasteiger partial charge in [-0.25, -0.2) is 4.79 Å². The maximum absolute atomic E-state index is 10.9. The third-order valence-corrected chi connectivity index (χ3v) is 2.17. The first-order chi connectivity index (χ1) is 5.31. The fourth-order valence-corrected chi connectivity index (χ4v) is 1.09. The van der Waals surface area contributed by atoms with Crippen molar-refractivity contribution >= 4 is 23.7 Å². The Morgan fingerprint density at radius 1 is 1.42 bits per heavy atom. The number of carbonyl (C=O) groups excluding carboxylic acids is 2. The number of rotatable bonds is 2. The maximum Gasteiger partial charge on any atom is 0.318 e. The first-order valence-electron chi connectivity index (χ1n) is 3.54. The van der Waals surface area contributed by atoms with Gasteiger partial charge in [0.15, 0.2) is 0 Å². The molecule has 0 atom stereocenters. The predicted molar refractivity (Wildman–Crippen MR) is 49.9 cm³/mol. The highest BCUT2D eigenvalue weighted by Crippen LogP contribution is 2.22. The molecule has 0 aromatic carbocycles. The molecule has 4 nitrogen and oxygen atoms in total. The van der Waals surface area contributed by atoms with Crippen molar-refractivity contribution in [1.82, 2.24) is 5.32 Å². The molecule has 0 heterocycles. The number of nitrogens with one attached hydrogen (secondary N) is 1. The number of hydrogen-bond donors (Lipinski definition) is 2. The molecule has 0 aromatic heterocycles. The molecule has 0 spiro atoms. The molecule has 0 aliphatic carbocycles. The van der Waals surface area contributed by atoms with Crippen molar-refractivity contribution in [1.29, 1.82) is 0 Å². The maximum atomic E-state index is 10.9. The molecule has 0 saturated carbocycles. The molecule has 3 amide bonds. The lowest BCUT2D eigenvalue weighted by Gasteiger charge is -2.16. The standard InChI is InChI=1S/C7H14N2O2S/c1-7(2,3)12-4-5(10)9-6(8)11/h4H2,1-3H3,(H3,8,9,10,11). The second-order valence-electron chi connectivity index (χ2n) is 3.31. The van der Waals surface area contributed by atoms with Crippen LogP contribution in [0, 0.1) is 0 Å². The smallest absolute Gasteiger partial charge is 0.318 e. The minimum Gasteiger partial charge on any atom is -0.351 e. The van der Waals surface area contributed by atoms with Crippen molar-refractivity contribution in [2.24, 2.45) is 5.73 Å². The normalized spacial score (nSPS) is 10.9. The van der Waals surface area contributed by atoms with E-state index in [1.54, 1.807) is 0 Å². The first-order valence-corrected chi connectivity index (χ1v) is 4.53. The van der Waals surface area contributed by atoms with Crippen LogP contribution in [-0.4, -0.2) is 22.4 Å². The summed E-state index contributed by atoms with van der Waals surface area (Å²) in [6.45, 7) is 5.99. The monoisotopic (exact) mass is 190 g/mol. The number of urea groups is 1. The minimum absolute atomic E-state index is 0.0228. The predicted octanol–water partition coefficient (Wildman–Crippen LogP) is 0.713. The van der Waals surface area contributed by atoms with Gasteiger partial charge in [-0.2, -0.15) is 0 Å². The van der Waals surface area contributed by atoms with Gasteiger partial charge in [0.05, 0.1) is 5.75 Å². The summed E-state index contributed by atoms with van der Waals surface area (Å²) in [6.07, 6.45) is 0. The third-order valence-electron chi connectivity index (χ3n) is 0.899. The van der Waals surface area contributed by atoms with E-state index in [0.717, 1.165) is 0 Å². The fraction of sp³-hybridized carbons (Fsp3) is 0.714. The first kappa shape index (κ1) is 11.3. The lowest BCUT2D eigenvalue weighted by molar-refractivity contribution is -0.117. The summed E-state index contributed by atoms with van der Waals surface area (Å²) in [4.78, 5) is 21.1. The van der Waals surface area contributed by atoms with E-state index in [2.05, 4.69) is 0 Å². The molecule has 0 rings (SSSR count). The second kappa shape index (κ2) is 4.35. The Kier molecular flexibility index (Phi) is 4.09. The zero-order chi connectivity index (χ0) is 9.78. The zero-order valence-corrected chi connectivity index (χ0v) is 8.33. The van der Waals surface area contributed by atoms with Gasteiger partial charge in [-0.3, -0.25) is 10.1 Å². The van der Waals surface area contributed by atoms with E-state index >= 15 is 0 Å². The number of hydrogen-bond acceptors (Lipinski definition) is 3. The number of primary amides is 1. The Morgan fingerprint density at radius 3 is 2.25 bits per heavy atom. The zero-order valence-electron chi connectivity index (χ0n) is 7.51. The molecule has 70 valence electrons. The van der Waals surface area contributed by atoms with Crippen molar-refractivity contribution in [2.45, 2.75) is 25.5 Å². The molecular weight excluding hydrogens is 176 g/mol. The minimum atomic E-state index is -0.797. The third kappa shape index (κ3) is 7.40. The summed E-state index contributed by atoms with van der Waals surface area (Å²) in [7, 11) is 0. The summed E-state index contributed by atoms with van der Waals surface area (Å²) in [5, 5.41) is 1.99. The van der Waals surface area contributed by atoms with E-state index in [1.807, 2.05) is 26.1 Å². The van der Waals surface area contributed by atoms with Crippen molar-refractivity contribution in [3.8, 4) is 0 Å². The van der Waals surface area contributed by atoms with E-state index in [1.165, 1.54) is 11.8 Å². The van der Waals surface area contributed by atoms with Gasteiger partial charge in [0.25, 0.3) is 0 Å². The van der Waals surface area contributed by atoms with Gasteiger partial charge in [-0.05, 0) is 0 Å². The molecule has 0 aliphatic heterocycles. The molecular formula is C7H14N2O2S. The van der Waals surface area contributed by atoms with E-state index in [4.69, 9.17) is 5.73 Å². The quantitative estimate of drug-likeness (QED) is 0.673. The lowest BCUT2D eigenvalue weighted by atomic mass is 10.3. The van der Waals surface area contributed by atoms with E-state index in [-0.39, 0.29) is 16.4 Å². The highest BCUT2D eigenvalue weighted by Gasteiger charge is 2.13. The van der Waals surface area contributed by atoms with Gasteiger partial charge >= 0.3 is 6.03 Å². The summed E-state index contributed by atoms with van der Waals surface area (Å²) >= 11 is 1.46. The number of amides is 3. The number of carbonyl (C=O) groups is 2.